The third-order valence-electron chi connectivity index (χ3n) is 2.38. The molecule has 0 atom stereocenters. The predicted molar refractivity (Wildman–Crippen MR) is 75.6 cm³/mol. The molecule has 0 saturated heterocycles. The number of nitrogens with zero attached hydrogens (tertiary/aromatic N) is 3. The Labute approximate surface area is 119 Å². The van der Waals surface area contributed by atoms with Gasteiger partial charge in [0.05, 0.1) is 11.9 Å². The number of nitrogens with one attached hydrogen (secondary N) is 2. The van der Waals surface area contributed by atoms with Crippen LogP contribution in [0.2, 0.25) is 0 Å². The quantitative estimate of drug-likeness (QED) is 0.872. The molecule has 7 heteroatoms. The molecule has 0 spiro atoms. The van der Waals surface area contributed by atoms with Crippen LogP contribution in [0.15, 0.2) is 34.9 Å². The van der Waals surface area contributed by atoms with Crippen molar-refractivity contribution in [3.05, 3.63) is 40.6 Å². The Bertz CT molecular complexity index is 552. The molecule has 100 valence electrons. The standard InChI is InChI=1S/C12H14BrN5O/c1-14-6-11-7-18(17-16-11)8-12(19)15-10-4-2-9(13)3-5-10/h2-5,7,14H,6,8H2,1H3,(H,15,19). The highest BCUT2D eigenvalue weighted by molar-refractivity contribution is 9.10. The Morgan fingerprint density at radius 2 is 2.11 bits per heavy atom. The number of anilines is 1. The summed E-state index contributed by atoms with van der Waals surface area (Å²) in [5, 5.41) is 13.6. The third-order valence-corrected chi connectivity index (χ3v) is 2.91. The Hall–Kier alpha value is -1.73. The van der Waals surface area contributed by atoms with Gasteiger partial charge in [-0.25, -0.2) is 4.68 Å². The molecule has 1 aromatic heterocycles. The number of hydrogen-bond donors (Lipinski definition) is 2. The number of carbonyl (C=O) groups excluding carboxylic acids is 1. The lowest BCUT2D eigenvalue weighted by atomic mass is 10.3. The summed E-state index contributed by atoms with van der Waals surface area (Å²) >= 11 is 3.34. The van der Waals surface area contributed by atoms with Crippen LogP contribution in [0.5, 0.6) is 0 Å². The van der Waals surface area contributed by atoms with E-state index in [4.69, 9.17) is 0 Å². The first-order chi connectivity index (χ1) is 9.17. The Kier molecular flexibility index (Phi) is 4.64. The molecule has 2 N–H and O–H groups in total. The highest BCUT2D eigenvalue weighted by Gasteiger charge is 2.06. The Balaban J connectivity index is 1.91. The lowest BCUT2D eigenvalue weighted by Crippen LogP contribution is -2.19. The Morgan fingerprint density at radius 1 is 1.37 bits per heavy atom. The molecule has 0 unspecified atom stereocenters. The van der Waals surface area contributed by atoms with Gasteiger partial charge in [-0.2, -0.15) is 0 Å². The summed E-state index contributed by atoms with van der Waals surface area (Å²) in [6.07, 6.45) is 1.75. The summed E-state index contributed by atoms with van der Waals surface area (Å²) in [6, 6.07) is 7.40. The second-order valence-corrected chi connectivity index (χ2v) is 4.91. The summed E-state index contributed by atoms with van der Waals surface area (Å²) in [5.74, 6) is -0.136. The van der Waals surface area contributed by atoms with Crippen LogP contribution in [0.4, 0.5) is 5.69 Å². The summed E-state index contributed by atoms with van der Waals surface area (Å²) in [7, 11) is 1.83. The maximum absolute atomic E-state index is 11.8. The maximum Gasteiger partial charge on any atom is 0.246 e. The molecular formula is C12H14BrN5O. The van der Waals surface area contributed by atoms with Crippen LogP contribution in [-0.4, -0.2) is 27.9 Å². The fraction of sp³-hybridized carbons (Fsp3) is 0.250. The molecule has 1 amide bonds. The van der Waals surface area contributed by atoms with Gasteiger partial charge in [0.15, 0.2) is 0 Å². The first-order valence-electron chi connectivity index (χ1n) is 5.76. The van der Waals surface area contributed by atoms with Gasteiger partial charge in [-0.15, -0.1) is 5.10 Å². The maximum atomic E-state index is 11.8. The van der Waals surface area contributed by atoms with Crippen LogP contribution in [-0.2, 0) is 17.9 Å². The minimum atomic E-state index is -0.136. The van der Waals surface area contributed by atoms with E-state index in [1.54, 1.807) is 6.20 Å². The van der Waals surface area contributed by atoms with E-state index in [0.717, 1.165) is 15.9 Å². The largest absolute Gasteiger partial charge is 0.324 e. The van der Waals surface area contributed by atoms with Crippen molar-refractivity contribution >= 4 is 27.5 Å². The average molecular weight is 324 g/mol. The molecule has 2 rings (SSSR count). The number of hydrogen-bond acceptors (Lipinski definition) is 4. The first kappa shape index (κ1) is 13.7. The van der Waals surface area contributed by atoms with Crippen molar-refractivity contribution in [3.63, 3.8) is 0 Å². The van der Waals surface area contributed by atoms with Gasteiger partial charge in [0.25, 0.3) is 0 Å². The van der Waals surface area contributed by atoms with Crippen molar-refractivity contribution in [1.29, 1.82) is 0 Å². The van der Waals surface area contributed by atoms with Gasteiger partial charge in [0.1, 0.15) is 6.54 Å². The molecule has 19 heavy (non-hydrogen) atoms. The second-order valence-electron chi connectivity index (χ2n) is 3.99. The number of benzene rings is 1. The topological polar surface area (TPSA) is 71.8 Å². The zero-order valence-electron chi connectivity index (χ0n) is 10.4. The van der Waals surface area contributed by atoms with Crippen molar-refractivity contribution in [1.82, 2.24) is 20.3 Å². The van der Waals surface area contributed by atoms with Crippen LogP contribution >= 0.6 is 15.9 Å². The van der Waals surface area contributed by atoms with Crippen molar-refractivity contribution < 1.29 is 4.79 Å². The molecule has 0 bridgehead atoms. The minimum Gasteiger partial charge on any atom is -0.324 e. The van der Waals surface area contributed by atoms with Gasteiger partial charge in [0, 0.05) is 16.7 Å². The molecule has 1 heterocycles. The number of carbonyl (C=O) groups is 1. The zero-order valence-corrected chi connectivity index (χ0v) is 12.0. The van der Waals surface area contributed by atoms with Gasteiger partial charge >= 0.3 is 0 Å². The van der Waals surface area contributed by atoms with E-state index in [9.17, 15) is 4.79 Å². The zero-order chi connectivity index (χ0) is 13.7. The molecule has 0 aliphatic heterocycles. The molecule has 1 aromatic carbocycles. The normalized spacial score (nSPS) is 10.4. The van der Waals surface area contributed by atoms with Gasteiger partial charge in [-0.3, -0.25) is 4.79 Å². The number of aromatic nitrogens is 3. The molecule has 0 saturated carbocycles. The van der Waals surface area contributed by atoms with E-state index in [1.165, 1.54) is 4.68 Å². The van der Waals surface area contributed by atoms with E-state index in [2.05, 4.69) is 36.9 Å². The number of rotatable bonds is 5. The molecule has 0 aliphatic rings. The Morgan fingerprint density at radius 3 is 2.79 bits per heavy atom. The lowest BCUT2D eigenvalue weighted by Gasteiger charge is -2.04. The lowest BCUT2D eigenvalue weighted by molar-refractivity contribution is -0.116. The van der Waals surface area contributed by atoms with Crippen LogP contribution in [0.25, 0.3) is 0 Å². The fourth-order valence-electron chi connectivity index (χ4n) is 1.56. The van der Waals surface area contributed by atoms with Gasteiger partial charge in [-0.1, -0.05) is 21.1 Å². The fourth-order valence-corrected chi connectivity index (χ4v) is 1.82. The molecule has 0 aliphatic carbocycles. The summed E-state index contributed by atoms with van der Waals surface area (Å²) in [4.78, 5) is 11.8. The summed E-state index contributed by atoms with van der Waals surface area (Å²) in [6.45, 7) is 0.779. The highest BCUT2D eigenvalue weighted by Crippen LogP contribution is 2.13. The van der Waals surface area contributed by atoms with Crippen LogP contribution in [0.1, 0.15) is 5.69 Å². The molecule has 0 radical (unpaired) electrons. The van der Waals surface area contributed by atoms with E-state index >= 15 is 0 Å². The SMILES string of the molecule is CNCc1cn(CC(=O)Nc2ccc(Br)cc2)nn1. The van der Waals surface area contributed by atoms with Crippen molar-refractivity contribution in [2.45, 2.75) is 13.1 Å². The van der Waals surface area contributed by atoms with E-state index in [1.807, 2.05) is 31.3 Å². The third kappa shape index (κ3) is 4.15. The minimum absolute atomic E-state index is 0.136. The average Bonchev–Trinajstić information content (AvgIpc) is 2.80. The molecule has 2 aromatic rings. The van der Waals surface area contributed by atoms with Crippen molar-refractivity contribution in [2.24, 2.45) is 0 Å². The number of halogens is 1. The van der Waals surface area contributed by atoms with Crippen molar-refractivity contribution in [3.8, 4) is 0 Å². The summed E-state index contributed by atoms with van der Waals surface area (Å²) < 4.78 is 2.49. The van der Waals surface area contributed by atoms with Crippen LogP contribution in [0, 0.1) is 0 Å². The van der Waals surface area contributed by atoms with Gasteiger partial charge in [0.2, 0.25) is 5.91 Å². The van der Waals surface area contributed by atoms with Crippen molar-refractivity contribution in [2.75, 3.05) is 12.4 Å². The molecule has 6 nitrogen and oxygen atoms in total. The van der Waals surface area contributed by atoms with E-state index < -0.39 is 0 Å². The van der Waals surface area contributed by atoms with E-state index in [-0.39, 0.29) is 12.5 Å². The van der Waals surface area contributed by atoms with Gasteiger partial charge < -0.3 is 10.6 Å². The van der Waals surface area contributed by atoms with Crippen LogP contribution in [0.3, 0.4) is 0 Å². The smallest absolute Gasteiger partial charge is 0.246 e. The second kappa shape index (κ2) is 6.44. The monoisotopic (exact) mass is 323 g/mol. The first-order valence-corrected chi connectivity index (χ1v) is 6.55. The summed E-state index contributed by atoms with van der Waals surface area (Å²) in [5.41, 5.74) is 1.56. The van der Waals surface area contributed by atoms with Crippen LogP contribution < -0.4 is 10.6 Å². The number of amides is 1. The highest BCUT2D eigenvalue weighted by atomic mass is 79.9. The predicted octanol–water partition coefficient (Wildman–Crippen LogP) is 1.40. The molecular weight excluding hydrogens is 310 g/mol. The van der Waals surface area contributed by atoms with E-state index in [0.29, 0.717) is 6.54 Å². The van der Waals surface area contributed by atoms with Gasteiger partial charge in [-0.05, 0) is 31.3 Å². The molecule has 0 fully saturated rings.